The number of ether oxygens (including phenoxy) is 2. The maximum absolute atomic E-state index is 12.6. The van der Waals surface area contributed by atoms with Gasteiger partial charge in [0.25, 0.3) is 5.91 Å². The summed E-state index contributed by atoms with van der Waals surface area (Å²) in [6, 6.07) is 10.8. The molecule has 0 radical (unpaired) electrons. The summed E-state index contributed by atoms with van der Waals surface area (Å²) < 4.78 is 17.3. The predicted molar refractivity (Wildman–Crippen MR) is 151 cm³/mol. The van der Waals surface area contributed by atoms with Gasteiger partial charge in [-0.05, 0) is 91.2 Å². The second-order valence-corrected chi connectivity index (χ2v) is 9.50. The number of anilines is 1. The summed E-state index contributed by atoms with van der Waals surface area (Å²) in [5, 5.41) is 9.20. The van der Waals surface area contributed by atoms with E-state index in [1.165, 1.54) is 12.5 Å². The first kappa shape index (κ1) is 28.7. The predicted octanol–water partition coefficient (Wildman–Crippen LogP) is 3.99. The van der Waals surface area contributed by atoms with Gasteiger partial charge in [-0.1, -0.05) is 17.7 Å². The number of carbonyl (C=O) groups excluding carboxylic acids is 3. The first-order valence-electron chi connectivity index (χ1n) is 11.8. The highest BCUT2D eigenvalue weighted by molar-refractivity contribution is 14.1. The van der Waals surface area contributed by atoms with Gasteiger partial charge in [0.05, 0.1) is 29.2 Å². The van der Waals surface area contributed by atoms with Crippen LogP contribution in [0.1, 0.15) is 34.9 Å². The van der Waals surface area contributed by atoms with E-state index in [0.717, 1.165) is 22.4 Å². The Labute approximate surface area is 234 Å². The number of hydrogen-bond donors (Lipinski definition) is 3. The Hall–Kier alpha value is -3.87. The van der Waals surface area contributed by atoms with Gasteiger partial charge in [0, 0.05) is 5.69 Å². The smallest absolute Gasteiger partial charge is 0.329 e. The highest BCUT2D eigenvalue weighted by atomic mass is 127. The van der Waals surface area contributed by atoms with Crippen LogP contribution in [0.25, 0.3) is 0 Å². The number of nitrogens with zero attached hydrogens (tertiary/aromatic N) is 1. The van der Waals surface area contributed by atoms with E-state index in [-0.39, 0.29) is 19.1 Å². The van der Waals surface area contributed by atoms with Crippen molar-refractivity contribution in [2.24, 2.45) is 5.10 Å². The van der Waals surface area contributed by atoms with Crippen LogP contribution < -0.4 is 25.5 Å². The molecule has 0 fully saturated rings. The molecule has 0 spiro atoms. The third-order valence-corrected chi connectivity index (χ3v) is 6.01. The summed E-state index contributed by atoms with van der Waals surface area (Å²) in [5.74, 6) is -0.708. The zero-order valence-corrected chi connectivity index (χ0v) is 23.7. The van der Waals surface area contributed by atoms with Crippen LogP contribution >= 0.6 is 22.6 Å². The van der Waals surface area contributed by atoms with Crippen LogP contribution in [0.5, 0.6) is 11.5 Å². The van der Waals surface area contributed by atoms with Crippen molar-refractivity contribution < 1.29 is 28.3 Å². The molecule has 1 heterocycles. The van der Waals surface area contributed by atoms with E-state index in [9.17, 15) is 14.4 Å². The minimum absolute atomic E-state index is 0.0859. The molecule has 3 N–H and O–H groups in total. The molecule has 0 unspecified atom stereocenters. The van der Waals surface area contributed by atoms with Crippen LogP contribution in [0.4, 0.5) is 5.69 Å². The minimum atomic E-state index is -0.919. The van der Waals surface area contributed by atoms with Gasteiger partial charge >= 0.3 is 11.8 Å². The molecule has 11 heteroatoms. The minimum Gasteiger partial charge on any atom is -0.490 e. The summed E-state index contributed by atoms with van der Waals surface area (Å²) in [6.45, 7) is 7.98. The van der Waals surface area contributed by atoms with E-state index in [1.54, 1.807) is 24.3 Å². The lowest BCUT2D eigenvalue weighted by molar-refractivity contribution is -0.139. The van der Waals surface area contributed by atoms with Crippen molar-refractivity contribution in [1.29, 1.82) is 0 Å². The van der Waals surface area contributed by atoms with Crippen LogP contribution in [0.2, 0.25) is 0 Å². The molecular formula is C27H29IN4O6. The van der Waals surface area contributed by atoms with Gasteiger partial charge in [-0.15, -0.1) is 0 Å². The summed E-state index contributed by atoms with van der Waals surface area (Å²) in [6.07, 6.45) is 2.85. The lowest BCUT2D eigenvalue weighted by Gasteiger charge is -2.16. The van der Waals surface area contributed by atoms with Crippen LogP contribution in [0, 0.1) is 24.3 Å². The second kappa shape index (κ2) is 13.6. The normalized spacial score (nSPS) is 10.8. The molecular weight excluding hydrogens is 603 g/mol. The van der Waals surface area contributed by atoms with Crippen LogP contribution in [-0.2, 0) is 20.9 Å². The monoisotopic (exact) mass is 632 g/mol. The molecule has 0 bridgehead atoms. The van der Waals surface area contributed by atoms with Crippen molar-refractivity contribution >= 4 is 52.2 Å². The fourth-order valence-corrected chi connectivity index (χ4v) is 4.41. The Balaban J connectivity index is 1.61. The fraction of sp³-hybridized carbons (Fsp3) is 0.259. The second-order valence-electron chi connectivity index (χ2n) is 8.33. The number of furan rings is 1. The number of rotatable bonds is 10. The van der Waals surface area contributed by atoms with E-state index < -0.39 is 11.8 Å². The molecule has 0 atom stereocenters. The Morgan fingerprint density at radius 3 is 2.45 bits per heavy atom. The largest absolute Gasteiger partial charge is 0.490 e. The highest BCUT2D eigenvalue weighted by Gasteiger charge is 2.16. The van der Waals surface area contributed by atoms with Gasteiger partial charge in [0.2, 0.25) is 0 Å². The average Bonchev–Trinajstić information content (AvgIpc) is 3.38. The van der Waals surface area contributed by atoms with Gasteiger partial charge in [-0.25, -0.2) is 5.43 Å². The Bertz CT molecular complexity index is 1310. The third-order valence-electron chi connectivity index (χ3n) is 5.21. The van der Waals surface area contributed by atoms with Crippen LogP contribution in [-0.4, -0.2) is 37.1 Å². The summed E-state index contributed by atoms with van der Waals surface area (Å²) in [5.41, 5.74) is 6.63. The molecule has 3 amide bonds. The SMILES string of the molecule is CCOc1cc(/C=N\NC(=O)C(=O)NCc2ccco2)cc(I)c1OCC(=O)Nc1c(C)cc(C)cc1C. The number of halogens is 1. The molecule has 0 aliphatic carbocycles. The van der Waals surface area contributed by atoms with Crippen molar-refractivity contribution in [3.63, 3.8) is 0 Å². The Kier molecular flexibility index (Phi) is 10.3. The van der Waals surface area contributed by atoms with Gasteiger partial charge in [-0.2, -0.15) is 5.10 Å². The van der Waals surface area contributed by atoms with Crippen molar-refractivity contribution in [3.05, 3.63) is 74.2 Å². The van der Waals surface area contributed by atoms with Gasteiger partial charge in [0.1, 0.15) is 5.76 Å². The van der Waals surface area contributed by atoms with Gasteiger partial charge < -0.3 is 24.5 Å². The zero-order chi connectivity index (χ0) is 27.7. The first-order chi connectivity index (χ1) is 18.2. The molecule has 200 valence electrons. The van der Waals surface area contributed by atoms with Crippen LogP contribution in [0.3, 0.4) is 0 Å². The lowest BCUT2D eigenvalue weighted by atomic mass is 10.1. The standard InChI is InChI=1S/C27H29IN4O6/c1-5-36-22-12-19(13-30-32-27(35)26(34)29-14-20-7-6-8-37-20)11-21(28)25(22)38-15-23(33)31-24-17(3)9-16(2)10-18(24)4/h6-13H,5,14-15H2,1-4H3,(H,29,34)(H,31,33)(H,32,35)/b30-13-. The third kappa shape index (κ3) is 8.07. The number of hydrazone groups is 1. The van der Waals surface area contributed by atoms with E-state index in [0.29, 0.717) is 33.0 Å². The van der Waals surface area contributed by atoms with E-state index in [1.807, 2.05) is 39.8 Å². The quantitative estimate of drug-likeness (QED) is 0.134. The van der Waals surface area contributed by atoms with Gasteiger partial charge in [-0.3, -0.25) is 14.4 Å². The topological polar surface area (TPSA) is 131 Å². The van der Waals surface area contributed by atoms with Crippen molar-refractivity contribution in [1.82, 2.24) is 10.7 Å². The molecule has 0 saturated heterocycles. The zero-order valence-electron chi connectivity index (χ0n) is 21.5. The molecule has 10 nitrogen and oxygen atoms in total. The van der Waals surface area contributed by atoms with Crippen molar-refractivity contribution in [2.75, 3.05) is 18.5 Å². The maximum Gasteiger partial charge on any atom is 0.329 e. The van der Waals surface area contributed by atoms with Gasteiger partial charge in [0.15, 0.2) is 18.1 Å². The summed E-state index contributed by atoms with van der Waals surface area (Å²) in [4.78, 5) is 36.5. The molecule has 3 aromatic rings. The number of benzene rings is 2. The lowest BCUT2D eigenvalue weighted by Crippen LogP contribution is -2.37. The summed E-state index contributed by atoms with van der Waals surface area (Å²) in [7, 11) is 0. The average molecular weight is 632 g/mol. The number of amides is 3. The molecule has 3 rings (SSSR count). The number of hydrogen-bond acceptors (Lipinski definition) is 7. The number of carbonyl (C=O) groups is 3. The number of aryl methyl sites for hydroxylation is 3. The van der Waals surface area contributed by atoms with E-state index in [4.69, 9.17) is 13.9 Å². The summed E-state index contributed by atoms with van der Waals surface area (Å²) >= 11 is 2.07. The van der Waals surface area contributed by atoms with E-state index in [2.05, 4.69) is 43.8 Å². The Morgan fingerprint density at radius 1 is 1.05 bits per heavy atom. The first-order valence-corrected chi connectivity index (χ1v) is 12.9. The molecule has 0 saturated carbocycles. The highest BCUT2D eigenvalue weighted by Crippen LogP contribution is 2.34. The molecule has 1 aromatic heterocycles. The molecule has 2 aromatic carbocycles. The van der Waals surface area contributed by atoms with E-state index >= 15 is 0 Å². The molecule has 38 heavy (non-hydrogen) atoms. The number of nitrogens with one attached hydrogen (secondary N) is 3. The molecule has 0 aliphatic rings. The van der Waals surface area contributed by atoms with Crippen molar-refractivity contribution in [2.45, 2.75) is 34.2 Å². The van der Waals surface area contributed by atoms with Crippen LogP contribution in [0.15, 0.2) is 52.2 Å². The molecule has 0 aliphatic heterocycles. The van der Waals surface area contributed by atoms with Crippen molar-refractivity contribution in [3.8, 4) is 11.5 Å². The fourth-order valence-electron chi connectivity index (χ4n) is 3.63. The maximum atomic E-state index is 12.6. The Morgan fingerprint density at radius 2 is 1.79 bits per heavy atom.